The number of nitrogens with zero attached hydrogens (tertiary/aromatic N) is 2. The first kappa shape index (κ1) is 21.8. The Kier molecular flexibility index (Phi) is 6.36. The van der Waals surface area contributed by atoms with Crippen molar-refractivity contribution in [2.75, 3.05) is 13.2 Å². The Morgan fingerprint density at radius 3 is 2.72 bits per heavy atom. The normalized spacial score (nSPS) is 16.4. The first-order valence-corrected chi connectivity index (χ1v) is 10.6. The Bertz CT molecular complexity index is 1110. The highest BCUT2D eigenvalue weighted by atomic mass is 16.5. The van der Waals surface area contributed by atoms with Gasteiger partial charge in [0.2, 0.25) is 17.1 Å². The minimum absolute atomic E-state index is 0.0374. The highest BCUT2D eigenvalue weighted by Gasteiger charge is 2.42. The van der Waals surface area contributed by atoms with Gasteiger partial charge in [-0.2, -0.15) is 5.10 Å². The lowest BCUT2D eigenvalue weighted by atomic mass is 9.74. The number of H-pyrrole nitrogens is 1. The molecule has 3 N–H and O–H groups in total. The van der Waals surface area contributed by atoms with Crippen molar-refractivity contribution in [3.8, 4) is 5.75 Å². The summed E-state index contributed by atoms with van der Waals surface area (Å²) in [6.45, 7) is 2.46. The number of hydrogen-bond donors (Lipinski definition) is 3. The molecular weight excluding hydrogens is 412 g/mol. The number of aromatic hydroxyl groups is 1. The van der Waals surface area contributed by atoms with Gasteiger partial charge in [0.05, 0.1) is 6.04 Å². The van der Waals surface area contributed by atoms with Crippen LogP contribution in [0.3, 0.4) is 0 Å². The Morgan fingerprint density at radius 2 is 2.03 bits per heavy atom. The van der Waals surface area contributed by atoms with E-state index < -0.39 is 22.6 Å². The third kappa shape index (κ3) is 4.72. The molecule has 1 saturated heterocycles. The number of hydrogen-bond acceptors (Lipinski definition) is 7. The van der Waals surface area contributed by atoms with E-state index in [1.54, 1.807) is 6.92 Å². The van der Waals surface area contributed by atoms with Gasteiger partial charge < -0.3 is 19.6 Å². The molecule has 168 valence electrons. The summed E-state index contributed by atoms with van der Waals surface area (Å²) < 4.78 is 11.3. The monoisotopic (exact) mass is 438 g/mol. The Labute approximate surface area is 184 Å². The smallest absolute Gasteiger partial charge is 0.227 e. The van der Waals surface area contributed by atoms with Crippen LogP contribution in [0, 0.1) is 6.92 Å². The van der Waals surface area contributed by atoms with E-state index in [0.717, 1.165) is 5.56 Å². The van der Waals surface area contributed by atoms with Gasteiger partial charge in [0.1, 0.15) is 17.9 Å². The molecule has 1 aliphatic rings. The minimum Gasteiger partial charge on any atom is -0.502 e. The molecule has 0 radical (unpaired) electrons. The van der Waals surface area contributed by atoms with Crippen LogP contribution in [0.2, 0.25) is 0 Å². The van der Waals surface area contributed by atoms with Crippen LogP contribution in [0.5, 0.6) is 5.75 Å². The molecule has 3 heterocycles. The number of nitrogens with one attached hydrogen (secondary N) is 2. The second-order valence-corrected chi connectivity index (χ2v) is 8.15. The summed E-state index contributed by atoms with van der Waals surface area (Å²) in [5.74, 6) is 0.403. The molecule has 0 aliphatic carbocycles. The number of rotatable bonds is 7. The molecule has 9 heteroatoms. The number of amides is 1. The zero-order valence-electron chi connectivity index (χ0n) is 17.8. The molecule has 1 atom stereocenters. The summed E-state index contributed by atoms with van der Waals surface area (Å²) in [5.41, 5.74) is -0.313. The maximum atomic E-state index is 13.3. The van der Waals surface area contributed by atoms with Crippen LogP contribution in [-0.4, -0.2) is 39.4 Å². The molecule has 1 amide bonds. The molecule has 1 fully saturated rings. The highest BCUT2D eigenvalue weighted by Crippen LogP contribution is 2.41. The molecule has 1 unspecified atom stereocenters. The third-order valence-electron chi connectivity index (χ3n) is 5.86. The molecule has 0 spiro atoms. The molecule has 1 aromatic carbocycles. The number of aromatic amines is 1. The number of carbonyl (C=O) groups excluding carboxylic acids is 1. The molecule has 4 rings (SSSR count). The molecule has 0 saturated carbocycles. The van der Waals surface area contributed by atoms with Gasteiger partial charge in [-0.05, 0) is 31.7 Å². The quantitative estimate of drug-likeness (QED) is 0.516. The molecule has 32 heavy (non-hydrogen) atoms. The summed E-state index contributed by atoms with van der Waals surface area (Å²) in [5, 5.41) is 20.3. The van der Waals surface area contributed by atoms with Gasteiger partial charge in [-0.3, -0.25) is 14.7 Å². The predicted molar refractivity (Wildman–Crippen MR) is 115 cm³/mol. The zero-order valence-corrected chi connectivity index (χ0v) is 17.8. The van der Waals surface area contributed by atoms with Crippen LogP contribution in [0.1, 0.15) is 48.2 Å². The maximum absolute atomic E-state index is 13.3. The fourth-order valence-corrected chi connectivity index (χ4v) is 4.21. The number of aryl methyl sites for hydroxylation is 1. The van der Waals surface area contributed by atoms with Crippen LogP contribution in [-0.2, 0) is 21.4 Å². The van der Waals surface area contributed by atoms with Crippen molar-refractivity contribution in [3.05, 3.63) is 75.9 Å². The van der Waals surface area contributed by atoms with Gasteiger partial charge in [0, 0.05) is 31.1 Å². The van der Waals surface area contributed by atoms with Gasteiger partial charge in [-0.15, -0.1) is 0 Å². The lowest BCUT2D eigenvalue weighted by Crippen LogP contribution is -2.41. The average Bonchev–Trinajstić information content (AvgIpc) is 3.32. The van der Waals surface area contributed by atoms with Crippen molar-refractivity contribution in [3.63, 3.8) is 0 Å². The molecule has 1 aliphatic heterocycles. The second kappa shape index (κ2) is 9.35. The van der Waals surface area contributed by atoms with Crippen molar-refractivity contribution < 1.29 is 19.1 Å². The summed E-state index contributed by atoms with van der Waals surface area (Å²) in [6.07, 6.45) is 2.87. The fraction of sp³-hybridized carbons (Fsp3) is 0.391. The van der Waals surface area contributed by atoms with E-state index in [2.05, 4.69) is 20.5 Å². The van der Waals surface area contributed by atoms with Crippen molar-refractivity contribution in [2.24, 2.45) is 0 Å². The first-order valence-electron chi connectivity index (χ1n) is 10.6. The maximum Gasteiger partial charge on any atom is 0.227 e. The van der Waals surface area contributed by atoms with Crippen molar-refractivity contribution in [1.29, 1.82) is 0 Å². The van der Waals surface area contributed by atoms with Crippen LogP contribution in [0.4, 0.5) is 0 Å². The van der Waals surface area contributed by atoms with Gasteiger partial charge >= 0.3 is 0 Å². The average molecular weight is 438 g/mol. The van der Waals surface area contributed by atoms with Gasteiger partial charge in [0.25, 0.3) is 0 Å². The number of aromatic nitrogens is 3. The van der Waals surface area contributed by atoms with Crippen LogP contribution < -0.4 is 10.7 Å². The van der Waals surface area contributed by atoms with Crippen LogP contribution in [0.25, 0.3) is 0 Å². The van der Waals surface area contributed by atoms with Crippen molar-refractivity contribution >= 4 is 5.91 Å². The number of benzene rings is 1. The lowest BCUT2D eigenvalue weighted by molar-refractivity contribution is -0.124. The standard InChI is InChI=1S/C23H26N4O5/c1-15-11-18(28)20(30)21(32-15)23(7-9-31-10-8-23)13-19(29)26-17(22-24-14-25-27-22)12-16-5-3-2-4-6-16/h2-6,11,14,17,30H,7-10,12-13H2,1H3,(H,26,29)(H,24,25,27). The lowest BCUT2D eigenvalue weighted by Gasteiger charge is -2.36. The van der Waals surface area contributed by atoms with Gasteiger partial charge in [-0.1, -0.05) is 30.3 Å². The largest absolute Gasteiger partial charge is 0.502 e. The van der Waals surface area contributed by atoms with E-state index in [4.69, 9.17) is 9.15 Å². The molecule has 0 bridgehead atoms. The second-order valence-electron chi connectivity index (χ2n) is 8.15. The van der Waals surface area contributed by atoms with Crippen LogP contribution >= 0.6 is 0 Å². The Balaban J connectivity index is 1.60. The van der Waals surface area contributed by atoms with Gasteiger partial charge in [0.15, 0.2) is 5.76 Å². The summed E-state index contributed by atoms with van der Waals surface area (Å²) in [6, 6.07) is 10.6. The highest BCUT2D eigenvalue weighted by molar-refractivity contribution is 5.78. The number of carbonyl (C=O) groups is 1. The van der Waals surface area contributed by atoms with E-state index in [-0.39, 0.29) is 18.1 Å². The summed E-state index contributed by atoms with van der Waals surface area (Å²) in [4.78, 5) is 29.7. The Morgan fingerprint density at radius 1 is 1.28 bits per heavy atom. The van der Waals surface area contributed by atoms with E-state index in [9.17, 15) is 14.7 Å². The molecule has 9 nitrogen and oxygen atoms in total. The first-order chi connectivity index (χ1) is 15.5. The van der Waals surface area contributed by atoms with Crippen molar-refractivity contribution in [2.45, 2.75) is 44.1 Å². The molecular formula is C23H26N4O5. The Hall–Kier alpha value is -3.46. The summed E-state index contributed by atoms with van der Waals surface area (Å²) >= 11 is 0. The van der Waals surface area contributed by atoms with E-state index in [0.29, 0.717) is 44.1 Å². The zero-order chi connectivity index (χ0) is 22.6. The minimum atomic E-state index is -0.837. The van der Waals surface area contributed by atoms with E-state index in [1.807, 2.05) is 30.3 Å². The number of ether oxygens (including phenoxy) is 1. The van der Waals surface area contributed by atoms with Gasteiger partial charge in [-0.25, -0.2) is 4.98 Å². The molecule has 3 aromatic rings. The predicted octanol–water partition coefficient (Wildman–Crippen LogP) is 2.31. The summed E-state index contributed by atoms with van der Waals surface area (Å²) in [7, 11) is 0. The van der Waals surface area contributed by atoms with E-state index in [1.165, 1.54) is 12.4 Å². The fourth-order valence-electron chi connectivity index (χ4n) is 4.21. The third-order valence-corrected chi connectivity index (χ3v) is 5.86. The van der Waals surface area contributed by atoms with E-state index >= 15 is 0 Å². The SMILES string of the molecule is Cc1cc(=O)c(O)c(C2(CC(=O)NC(Cc3ccccc3)c3ncn[nH]3)CCOCC2)o1. The van der Waals surface area contributed by atoms with Crippen molar-refractivity contribution in [1.82, 2.24) is 20.5 Å². The molecule has 2 aromatic heterocycles. The van der Waals surface area contributed by atoms with Crippen LogP contribution in [0.15, 0.2) is 51.9 Å². The topological polar surface area (TPSA) is 130 Å².